The zero-order valence-electron chi connectivity index (χ0n) is 16.0. The van der Waals surface area contributed by atoms with Crippen LogP contribution in [-0.4, -0.2) is 14.8 Å². The Kier molecular flexibility index (Phi) is 4.96. The van der Waals surface area contributed by atoms with Crippen LogP contribution in [0.15, 0.2) is 65.6 Å². The van der Waals surface area contributed by atoms with Crippen molar-refractivity contribution in [3.05, 3.63) is 88.1 Å². The number of carbonyl (C=O) groups is 1. The number of thiocarbonyl (C=S) groups is 1. The van der Waals surface area contributed by atoms with E-state index in [0.29, 0.717) is 9.23 Å². The number of amides is 1. The molecule has 5 heteroatoms. The van der Waals surface area contributed by atoms with Crippen molar-refractivity contribution in [2.45, 2.75) is 20.8 Å². The molecule has 2 heterocycles. The van der Waals surface area contributed by atoms with E-state index in [9.17, 15) is 4.79 Å². The molecule has 3 aromatic rings. The van der Waals surface area contributed by atoms with Crippen LogP contribution in [0.2, 0.25) is 0 Å². The molecule has 1 aliphatic heterocycles. The maximum Gasteiger partial charge on any atom is 0.270 e. The molecular formula is C23H20N2OS2. The van der Waals surface area contributed by atoms with Gasteiger partial charge in [0.1, 0.15) is 0 Å². The Morgan fingerprint density at radius 1 is 0.929 bits per heavy atom. The van der Waals surface area contributed by atoms with Gasteiger partial charge in [-0.15, -0.1) is 0 Å². The van der Waals surface area contributed by atoms with Crippen molar-refractivity contribution in [3.63, 3.8) is 0 Å². The third-order valence-corrected chi connectivity index (χ3v) is 6.16. The Hall–Kier alpha value is -2.63. The van der Waals surface area contributed by atoms with E-state index in [0.717, 1.165) is 28.3 Å². The van der Waals surface area contributed by atoms with Gasteiger partial charge in [0, 0.05) is 17.1 Å². The van der Waals surface area contributed by atoms with Gasteiger partial charge in [-0.3, -0.25) is 9.69 Å². The van der Waals surface area contributed by atoms with E-state index in [2.05, 4.69) is 55.7 Å². The minimum atomic E-state index is -0.0682. The topological polar surface area (TPSA) is 25.2 Å². The zero-order chi connectivity index (χ0) is 19.8. The second kappa shape index (κ2) is 7.41. The summed E-state index contributed by atoms with van der Waals surface area (Å²) in [6.45, 7) is 6.25. The van der Waals surface area contributed by atoms with Crippen LogP contribution < -0.4 is 4.90 Å². The summed E-state index contributed by atoms with van der Waals surface area (Å²) in [7, 11) is 0. The Bertz CT molecular complexity index is 1100. The average molecular weight is 405 g/mol. The molecule has 1 amide bonds. The Labute approximate surface area is 174 Å². The number of carbonyl (C=O) groups excluding carboxylic acids is 1. The van der Waals surface area contributed by atoms with Crippen molar-refractivity contribution < 1.29 is 4.79 Å². The molecule has 0 unspecified atom stereocenters. The fraction of sp³-hybridized carbons (Fsp3) is 0.130. The van der Waals surface area contributed by atoms with Gasteiger partial charge >= 0.3 is 0 Å². The lowest BCUT2D eigenvalue weighted by atomic mass is 10.2. The lowest BCUT2D eigenvalue weighted by Gasteiger charge is -2.13. The highest BCUT2D eigenvalue weighted by Crippen LogP contribution is 2.36. The molecule has 0 bridgehead atoms. The van der Waals surface area contributed by atoms with Crippen molar-refractivity contribution in [2.24, 2.45) is 0 Å². The number of aromatic nitrogens is 1. The predicted octanol–water partition coefficient (Wildman–Crippen LogP) is 5.81. The first-order valence-corrected chi connectivity index (χ1v) is 10.3. The molecular weight excluding hydrogens is 384 g/mol. The SMILES string of the molecule is Cc1ccc(-n2c(C)cc(/C=C3\SC(=S)N(c4ccccc4)C3=O)c2C)cc1. The molecule has 4 rings (SSSR count). The molecule has 0 radical (unpaired) electrons. The molecule has 28 heavy (non-hydrogen) atoms. The van der Waals surface area contributed by atoms with Crippen LogP contribution in [0.4, 0.5) is 5.69 Å². The lowest BCUT2D eigenvalue weighted by Crippen LogP contribution is -2.27. The third kappa shape index (κ3) is 3.32. The average Bonchev–Trinajstić information content (AvgIpc) is 3.12. The minimum Gasteiger partial charge on any atom is -0.318 e. The second-order valence-corrected chi connectivity index (χ2v) is 8.53. The van der Waals surface area contributed by atoms with Crippen molar-refractivity contribution in [1.29, 1.82) is 0 Å². The Morgan fingerprint density at radius 3 is 2.29 bits per heavy atom. The van der Waals surface area contributed by atoms with Crippen LogP contribution in [0, 0.1) is 20.8 Å². The molecule has 1 saturated heterocycles. The van der Waals surface area contributed by atoms with Gasteiger partial charge in [0.15, 0.2) is 4.32 Å². The fourth-order valence-electron chi connectivity index (χ4n) is 3.43. The van der Waals surface area contributed by atoms with Gasteiger partial charge < -0.3 is 4.57 Å². The van der Waals surface area contributed by atoms with Crippen molar-refractivity contribution in [2.75, 3.05) is 4.90 Å². The normalized spacial score (nSPS) is 15.7. The molecule has 0 saturated carbocycles. The number of thioether (sulfide) groups is 1. The molecule has 2 aromatic carbocycles. The van der Waals surface area contributed by atoms with Crippen LogP contribution in [0.5, 0.6) is 0 Å². The van der Waals surface area contributed by atoms with Crippen LogP contribution in [0.1, 0.15) is 22.5 Å². The molecule has 1 aromatic heterocycles. The molecule has 3 nitrogen and oxygen atoms in total. The van der Waals surface area contributed by atoms with E-state index >= 15 is 0 Å². The number of benzene rings is 2. The first kappa shape index (κ1) is 18.7. The smallest absolute Gasteiger partial charge is 0.270 e. The quantitative estimate of drug-likeness (QED) is 0.407. The van der Waals surface area contributed by atoms with Gasteiger partial charge in [0.05, 0.1) is 10.6 Å². The number of hydrogen-bond donors (Lipinski definition) is 0. The number of aryl methyl sites for hydroxylation is 2. The van der Waals surface area contributed by atoms with Crippen LogP contribution in [0.3, 0.4) is 0 Å². The first-order valence-electron chi connectivity index (χ1n) is 9.04. The predicted molar refractivity (Wildman–Crippen MR) is 122 cm³/mol. The van der Waals surface area contributed by atoms with Crippen LogP contribution in [0.25, 0.3) is 11.8 Å². The monoisotopic (exact) mass is 404 g/mol. The largest absolute Gasteiger partial charge is 0.318 e. The van der Waals surface area contributed by atoms with E-state index in [1.165, 1.54) is 17.3 Å². The summed E-state index contributed by atoms with van der Waals surface area (Å²) in [5, 5.41) is 0. The summed E-state index contributed by atoms with van der Waals surface area (Å²) in [5.74, 6) is -0.0682. The zero-order valence-corrected chi connectivity index (χ0v) is 17.6. The van der Waals surface area contributed by atoms with Crippen LogP contribution in [-0.2, 0) is 4.79 Å². The van der Waals surface area contributed by atoms with E-state index < -0.39 is 0 Å². The van der Waals surface area contributed by atoms with Crippen molar-refractivity contribution >= 4 is 46.0 Å². The second-order valence-electron chi connectivity index (χ2n) is 6.85. The van der Waals surface area contributed by atoms with E-state index in [-0.39, 0.29) is 5.91 Å². The molecule has 1 aliphatic rings. The number of nitrogens with zero attached hydrogens (tertiary/aromatic N) is 2. The Morgan fingerprint density at radius 2 is 1.61 bits per heavy atom. The summed E-state index contributed by atoms with van der Waals surface area (Å²) in [5.41, 5.74) is 6.43. The Balaban J connectivity index is 1.70. The molecule has 1 fully saturated rings. The minimum absolute atomic E-state index is 0.0682. The number of hydrogen-bond acceptors (Lipinski definition) is 3. The standard InChI is InChI=1S/C23H20N2OS2/c1-15-9-11-20(12-10-15)24-16(2)13-18(17(24)3)14-21-22(26)25(23(27)28-21)19-7-5-4-6-8-19/h4-14H,1-3H3/b21-14-. The number of para-hydroxylation sites is 1. The van der Waals surface area contributed by atoms with Crippen molar-refractivity contribution in [3.8, 4) is 5.69 Å². The highest BCUT2D eigenvalue weighted by atomic mass is 32.2. The van der Waals surface area contributed by atoms with E-state index in [1.54, 1.807) is 4.90 Å². The van der Waals surface area contributed by atoms with Gasteiger partial charge in [-0.2, -0.15) is 0 Å². The summed E-state index contributed by atoms with van der Waals surface area (Å²) in [4.78, 5) is 15.2. The molecule has 0 aliphatic carbocycles. The molecule has 140 valence electrons. The summed E-state index contributed by atoms with van der Waals surface area (Å²) < 4.78 is 2.78. The highest BCUT2D eigenvalue weighted by Gasteiger charge is 2.33. The molecule has 0 N–H and O–H groups in total. The molecule has 0 atom stereocenters. The third-order valence-electron chi connectivity index (χ3n) is 4.86. The van der Waals surface area contributed by atoms with Gasteiger partial charge in [-0.05, 0) is 62.7 Å². The van der Waals surface area contributed by atoms with E-state index in [1.807, 2.05) is 36.4 Å². The molecule has 0 spiro atoms. The summed E-state index contributed by atoms with van der Waals surface area (Å²) in [6, 6.07) is 20.1. The van der Waals surface area contributed by atoms with E-state index in [4.69, 9.17) is 12.2 Å². The maximum absolute atomic E-state index is 13.0. The summed E-state index contributed by atoms with van der Waals surface area (Å²) in [6.07, 6.45) is 1.95. The lowest BCUT2D eigenvalue weighted by molar-refractivity contribution is -0.113. The fourth-order valence-corrected chi connectivity index (χ4v) is 4.72. The maximum atomic E-state index is 13.0. The van der Waals surface area contributed by atoms with Gasteiger partial charge in [-0.1, -0.05) is 59.9 Å². The van der Waals surface area contributed by atoms with Gasteiger partial charge in [0.2, 0.25) is 0 Å². The van der Waals surface area contributed by atoms with Gasteiger partial charge in [0.25, 0.3) is 5.91 Å². The number of rotatable bonds is 3. The first-order chi connectivity index (χ1) is 13.5. The highest BCUT2D eigenvalue weighted by molar-refractivity contribution is 8.27. The van der Waals surface area contributed by atoms with Gasteiger partial charge in [-0.25, -0.2) is 0 Å². The number of anilines is 1. The van der Waals surface area contributed by atoms with Crippen molar-refractivity contribution in [1.82, 2.24) is 4.57 Å². The summed E-state index contributed by atoms with van der Waals surface area (Å²) >= 11 is 6.82. The van der Waals surface area contributed by atoms with Crippen LogP contribution >= 0.6 is 24.0 Å².